The van der Waals surface area contributed by atoms with Crippen LogP contribution in [0.4, 0.5) is 18.9 Å². The number of rotatable bonds is 4. The van der Waals surface area contributed by atoms with Crippen LogP contribution in [-0.2, 0) is 6.61 Å². The molecule has 4 rings (SSSR count). The average Bonchev–Trinajstić information content (AvgIpc) is 2.73. The largest absolute Gasteiger partial charge is 0.455 e. The van der Waals surface area contributed by atoms with E-state index in [1.807, 2.05) is 40.8 Å². The van der Waals surface area contributed by atoms with Gasteiger partial charge in [-0.25, -0.2) is 0 Å². The van der Waals surface area contributed by atoms with Gasteiger partial charge in [0.1, 0.15) is 15.7 Å². The molecule has 1 aliphatic heterocycles. The van der Waals surface area contributed by atoms with Gasteiger partial charge in [-0.05, 0) is 58.0 Å². The zero-order chi connectivity index (χ0) is 21.5. The molecule has 1 aliphatic carbocycles. The molecule has 0 atom stereocenters. The van der Waals surface area contributed by atoms with E-state index in [0.29, 0.717) is 31.4 Å². The van der Waals surface area contributed by atoms with Crippen molar-refractivity contribution in [2.24, 2.45) is 0 Å². The summed E-state index contributed by atoms with van der Waals surface area (Å²) in [4.78, 5) is 12.2. The molecule has 2 aliphatic rings. The Morgan fingerprint density at radius 1 is 1.03 bits per heavy atom. The summed E-state index contributed by atoms with van der Waals surface area (Å²) in [6.07, 6.45) is -4.35. The van der Waals surface area contributed by atoms with Gasteiger partial charge in [0.2, 0.25) is 0 Å². The third-order valence-corrected chi connectivity index (χ3v) is 5.77. The molecule has 0 spiro atoms. The summed E-state index contributed by atoms with van der Waals surface area (Å²) in [5.74, 6) is 0.353. The summed E-state index contributed by atoms with van der Waals surface area (Å²) in [7, 11) is 0. The predicted molar refractivity (Wildman–Crippen MR) is 118 cm³/mol. The molecule has 0 amide bonds. The summed E-state index contributed by atoms with van der Waals surface area (Å²) in [6.45, 7) is -1.36. The minimum absolute atomic E-state index is 0.187. The molecule has 2 aromatic carbocycles. The molecule has 4 nitrogen and oxygen atoms in total. The van der Waals surface area contributed by atoms with Crippen LogP contribution in [0.3, 0.4) is 0 Å². The van der Waals surface area contributed by atoms with E-state index in [9.17, 15) is 23.1 Å². The molecule has 8 heteroatoms. The minimum Gasteiger partial charge on any atom is -0.455 e. The zero-order valence-electron chi connectivity index (χ0n) is 15.4. The number of hydrogen-bond donors (Lipinski definition) is 2. The second-order valence-electron chi connectivity index (χ2n) is 6.73. The Balaban J connectivity index is 2.02. The second kappa shape index (κ2) is 7.92. The van der Waals surface area contributed by atoms with E-state index >= 15 is 0 Å². The quantitative estimate of drug-likeness (QED) is 0.268. The van der Waals surface area contributed by atoms with Crippen molar-refractivity contribution >= 4 is 39.2 Å². The van der Waals surface area contributed by atoms with Crippen molar-refractivity contribution in [2.45, 2.75) is 12.8 Å². The lowest BCUT2D eigenvalue weighted by Crippen LogP contribution is -2.21. The van der Waals surface area contributed by atoms with Crippen molar-refractivity contribution in [2.75, 3.05) is 11.9 Å². The Morgan fingerprint density at radius 2 is 1.80 bits per heavy atom. The van der Waals surface area contributed by atoms with Gasteiger partial charge in [0.25, 0.3) is 0 Å². The Bertz CT molecular complexity index is 1270. The maximum atomic E-state index is 12.6. The highest BCUT2D eigenvalue weighted by molar-refractivity contribution is 14.1. The highest BCUT2D eigenvalue weighted by Gasteiger charge is 2.27. The lowest BCUT2D eigenvalue weighted by molar-refractivity contribution is -0.115. The van der Waals surface area contributed by atoms with Crippen molar-refractivity contribution in [3.63, 3.8) is 0 Å². The standard InChI is InChI=1S/C22H15F3INO3/c23-22(24,25)11-27-13-5-6-15-18(9-13)30-21-16(7-8-17(29)20(21)26)19(15)14-4-2-1-3-12(14)10-28/h1-9,27-28H,10-11H2. The van der Waals surface area contributed by atoms with Gasteiger partial charge in [0.15, 0.2) is 11.2 Å². The Labute approximate surface area is 182 Å². The monoisotopic (exact) mass is 525 g/mol. The summed E-state index contributed by atoms with van der Waals surface area (Å²) >= 11 is 1.91. The van der Waals surface area contributed by atoms with Gasteiger partial charge in [0, 0.05) is 28.3 Å². The first-order valence-electron chi connectivity index (χ1n) is 8.97. The Hall–Kier alpha value is -2.59. The van der Waals surface area contributed by atoms with Crippen LogP contribution in [0.2, 0.25) is 0 Å². The fourth-order valence-electron chi connectivity index (χ4n) is 3.41. The molecule has 0 radical (unpaired) electrons. The van der Waals surface area contributed by atoms with Crippen LogP contribution in [-0.4, -0.2) is 17.8 Å². The number of alkyl halides is 3. The fourth-order valence-corrected chi connectivity index (χ4v) is 3.99. The third kappa shape index (κ3) is 3.89. The van der Waals surface area contributed by atoms with Gasteiger partial charge in [-0.2, -0.15) is 13.2 Å². The number of fused-ring (bicyclic) bond motifs is 2. The van der Waals surface area contributed by atoms with Crippen LogP contribution in [0.25, 0.3) is 33.4 Å². The SMILES string of the molecule is O=c1ccc2c(-c3ccccc3CO)c3ccc(NCC(F)(F)F)cc3oc-2c1I. The highest BCUT2D eigenvalue weighted by atomic mass is 127. The summed E-state index contributed by atoms with van der Waals surface area (Å²) in [6, 6.07) is 15.1. The lowest BCUT2D eigenvalue weighted by atomic mass is 9.91. The van der Waals surface area contributed by atoms with Crippen molar-refractivity contribution in [3.8, 4) is 22.5 Å². The molecule has 2 N–H and O–H groups in total. The number of anilines is 1. The van der Waals surface area contributed by atoms with Crippen LogP contribution in [0.1, 0.15) is 5.56 Å². The first kappa shape index (κ1) is 20.7. The lowest BCUT2D eigenvalue weighted by Gasteiger charge is -2.18. The molecule has 154 valence electrons. The zero-order valence-corrected chi connectivity index (χ0v) is 17.5. The van der Waals surface area contributed by atoms with E-state index in [1.165, 1.54) is 12.1 Å². The van der Waals surface area contributed by atoms with E-state index < -0.39 is 12.7 Å². The molecular weight excluding hydrogens is 510 g/mol. The summed E-state index contributed by atoms with van der Waals surface area (Å²) < 4.78 is 44.1. The van der Waals surface area contributed by atoms with Crippen LogP contribution in [0.5, 0.6) is 0 Å². The maximum Gasteiger partial charge on any atom is 0.405 e. The summed E-state index contributed by atoms with van der Waals surface area (Å²) in [5, 5.41) is 12.8. The number of nitrogens with one attached hydrogen (secondary N) is 1. The molecule has 30 heavy (non-hydrogen) atoms. The number of halogens is 4. The first-order chi connectivity index (χ1) is 14.3. The molecule has 0 bridgehead atoms. The number of benzene rings is 3. The normalized spacial score (nSPS) is 11.9. The number of aliphatic hydroxyl groups excluding tert-OH is 1. The van der Waals surface area contributed by atoms with Gasteiger partial charge in [-0.1, -0.05) is 24.3 Å². The topological polar surface area (TPSA) is 62.5 Å². The third-order valence-electron chi connectivity index (χ3n) is 4.74. The van der Waals surface area contributed by atoms with Gasteiger partial charge in [-0.15, -0.1) is 0 Å². The van der Waals surface area contributed by atoms with Gasteiger partial charge >= 0.3 is 6.18 Å². The maximum absolute atomic E-state index is 12.6. The fraction of sp³-hybridized carbons (Fsp3) is 0.136. The Kier molecular flexibility index (Phi) is 5.46. The average molecular weight is 525 g/mol. The number of hydrogen-bond acceptors (Lipinski definition) is 4. The van der Waals surface area contributed by atoms with E-state index in [0.717, 1.165) is 11.1 Å². The van der Waals surface area contributed by atoms with Crippen LogP contribution in [0.15, 0.2) is 63.8 Å². The molecular formula is C22H15F3INO3. The molecule has 0 saturated carbocycles. The first-order valence-corrected chi connectivity index (χ1v) is 10.1. The minimum atomic E-state index is -4.35. The van der Waals surface area contributed by atoms with Crippen molar-refractivity contribution < 1.29 is 22.7 Å². The van der Waals surface area contributed by atoms with Crippen molar-refractivity contribution in [1.82, 2.24) is 0 Å². The molecule has 1 heterocycles. The van der Waals surface area contributed by atoms with E-state index in [1.54, 1.807) is 24.3 Å². The molecule has 0 saturated heterocycles. The van der Waals surface area contributed by atoms with Gasteiger partial charge in [0.05, 0.1) is 6.61 Å². The van der Waals surface area contributed by atoms with E-state index in [-0.39, 0.29) is 17.7 Å². The summed E-state index contributed by atoms with van der Waals surface area (Å²) in [5.41, 5.74) is 3.25. The van der Waals surface area contributed by atoms with Crippen LogP contribution >= 0.6 is 22.6 Å². The molecule has 0 unspecified atom stereocenters. The van der Waals surface area contributed by atoms with E-state index in [4.69, 9.17) is 4.42 Å². The predicted octanol–water partition coefficient (Wildman–Crippen LogP) is 5.64. The smallest absolute Gasteiger partial charge is 0.405 e. The molecule has 2 aromatic rings. The highest BCUT2D eigenvalue weighted by Crippen LogP contribution is 2.43. The van der Waals surface area contributed by atoms with Crippen LogP contribution in [0, 0.1) is 3.57 Å². The Morgan fingerprint density at radius 3 is 2.53 bits per heavy atom. The number of aliphatic hydroxyl groups is 1. The molecule has 0 aromatic heterocycles. The van der Waals surface area contributed by atoms with Gasteiger partial charge < -0.3 is 14.8 Å². The van der Waals surface area contributed by atoms with Crippen molar-refractivity contribution in [3.05, 3.63) is 74.0 Å². The van der Waals surface area contributed by atoms with Gasteiger partial charge in [-0.3, -0.25) is 4.79 Å². The molecule has 0 fully saturated rings. The van der Waals surface area contributed by atoms with E-state index in [2.05, 4.69) is 5.32 Å². The second-order valence-corrected chi connectivity index (χ2v) is 7.81. The van der Waals surface area contributed by atoms with Crippen LogP contribution < -0.4 is 10.7 Å². The van der Waals surface area contributed by atoms with Crippen molar-refractivity contribution in [1.29, 1.82) is 0 Å².